The first-order chi connectivity index (χ1) is 13.8. The first-order valence-electron chi connectivity index (χ1n) is 9.30. The van der Waals surface area contributed by atoms with Gasteiger partial charge in [-0.15, -0.1) is 0 Å². The van der Waals surface area contributed by atoms with Gasteiger partial charge in [0.2, 0.25) is 11.8 Å². The van der Waals surface area contributed by atoms with Crippen molar-refractivity contribution in [3.63, 3.8) is 0 Å². The van der Waals surface area contributed by atoms with E-state index >= 15 is 0 Å². The molecule has 5 heteroatoms. The number of carbonyl (C=O) groups excluding carboxylic acids is 1. The number of carbonyl (C=O) groups is 1. The smallest absolute Gasteiger partial charge is 0.248 e. The van der Waals surface area contributed by atoms with Gasteiger partial charge in [-0.05, 0) is 47.4 Å². The van der Waals surface area contributed by atoms with Crippen LogP contribution in [0, 0.1) is 0 Å². The lowest BCUT2D eigenvalue weighted by Crippen LogP contribution is -2.13. The van der Waals surface area contributed by atoms with Gasteiger partial charge in [-0.1, -0.05) is 67.0 Å². The molecule has 4 nitrogen and oxygen atoms in total. The zero-order valence-corrected chi connectivity index (χ0v) is 18.2. The van der Waals surface area contributed by atoms with Crippen molar-refractivity contribution >= 4 is 33.6 Å². The lowest BCUT2D eigenvalue weighted by atomic mass is 9.86. The minimum atomic E-state index is -0.255. The Morgan fingerprint density at radius 3 is 2.48 bits per heavy atom. The van der Waals surface area contributed by atoms with Crippen LogP contribution in [0.2, 0.25) is 0 Å². The van der Waals surface area contributed by atoms with Gasteiger partial charge in [-0.25, -0.2) is 4.98 Å². The highest BCUT2D eigenvalue weighted by Crippen LogP contribution is 2.35. The zero-order valence-electron chi connectivity index (χ0n) is 16.6. The molecular weight excluding hydrogens is 428 g/mol. The summed E-state index contributed by atoms with van der Waals surface area (Å²) in [5, 5.41) is 2.85. The van der Waals surface area contributed by atoms with E-state index in [1.54, 1.807) is 24.4 Å². The molecule has 0 atom stereocenters. The van der Waals surface area contributed by atoms with Crippen molar-refractivity contribution in [3.8, 4) is 11.6 Å². The van der Waals surface area contributed by atoms with Crippen LogP contribution in [0.25, 0.3) is 6.08 Å². The van der Waals surface area contributed by atoms with Crippen LogP contribution in [0.5, 0.6) is 11.6 Å². The summed E-state index contributed by atoms with van der Waals surface area (Å²) in [5.41, 5.74) is 2.44. The van der Waals surface area contributed by atoms with E-state index in [-0.39, 0.29) is 11.3 Å². The van der Waals surface area contributed by atoms with Crippen LogP contribution >= 0.6 is 15.9 Å². The third kappa shape index (κ3) is 5.78. The number of anilines is 1. The van der Waals surface area contributed by atoms with Crippen LogP contribution < -0.4 is 10.1 Å². The maximum Gasteiger partial charge on any atom is 0.248 e. The molecule has 0 unspecified atom stereocenters. The topological polar surface area (TPSA) is 51.2 Å². The number of nitrogens with one attached hydrogen (secondary N) is 1. The number of ether oxygens (including phenoxy) is 1. The average Bonchev–Trinajstić information content (AvgIpc) is 2.69. The predicted octanol–water partition coefficient (Wildman–Crippen LogP) is 6.59. The molecule has 0 saturated heterocycles. The molecule has 1 N–H and O–H groups in total. The van der Waals surface area contributed by atoms with Crippen LogP contribution in [-0.4, -0.2) is 10.9 Å². The number of hydrogen-bond donors (Lipinski definition) is 1. The number of para-hydroxylation sites is 1. The van der Waals surface area contributed by atoms with Gasteiger partial charge < -0.3 is 10.1 Å². The zero-order chi connectivity index (χ0) is 20.9. The molecule has 1 amide bonds. The SMILES string of the molecule is CC(C)(C)c1ccccc1Oc1ncccc1NC(=O)/C=C/c1ccc(Br)cc1. The summed E-state index contributed by atoms with van der Waals surface area (Å²) in [6.07, 6.45) is 4.89. The number of halogens is 1. The second-order valence-corrected chi connectivity index (χ2v) is 8.49. The summed E-state index contributed by atoms with van der Waals surface area (Å²) >= 11 is 3.40. The number of hydrogen-bond acceptors (Lipinski definition) is 3. The molecule has 0 bridgehead atoms. The van der Waals surface area contributed by atoms with Crippen molar-refractivity contribution in [1.82, 2.24) is 4.98 Å². The second kappa shape index (κ2) is 9.05. The maximum atomic E-state index is 12.4. The van der Waals surface area contributed by atoms with E-state index in [0.717, 1.165) is 21.3 Å². The van der Waals surface area contributed by atoms with Crippen LogP contribution in [0.15, 0.2) is 77.4 Å². The van der Waals surface area contributed by atoms with Gasteiger partial charge in [0, 0.05) is 22.3 Å². The van der Waals surface area contributed by atoms with Crippen molar-refractivity contribution in [2.75, 3.05) is 5.32 Å². The number of aromatic nitrogens is 1. The molecule has 1 aromatic heterocycles. The van der Waals surface area contributed by atoms with E-state index in [1.165, 1.54) is 6.08 Å². The van der Waals surface area contributed by atoms with Crippen LogP contribution in [0.4, 0.5) is 5.69 Å². The number of nitrogens with zero attached hydrogens (tertiary/aromatic N) is 1. The molecule has 29 heavy (non-hydrogen) atoms. The Kier molecular flexibility index (Phi) is 6.49. The van der Waals surface area contributed by atoms with Crippen LogP contribution in [0.3, 0.4) is 0 Å². The van der Waals surface area contributed by atoms with E-state index in [9.17, 15) is 4.79 Å². The normalized spacial score (nSPS) is 11.4. The van der Waals surface area contributed by atoms with Crippen molar-refractivity contribution < 1.29 is 9.53 Å². The third-order valence-corrected chi connectivity index (χ3v) is 4.76. The largest absolute Gasteiger partial charge is 0.437 e. The Labute approximate surface area is 179 Å². The van der Waals surface area contributed by atoms with E-state index in [1.807, 2.05) is 48.5 Å². The summed E-state index contributed by atoms with van der Waals surface area (Å²) in [4.78, 5) is 16.7. The minimum Gasteiger partial charge on any atom is -0.437 e. The summed E-state index contributed by atoms with van der Waals surface area (Å²) in [5.74, 6) is 0.823. The highest BCUT2D eigenvalue weighted by atomic mass is 79.9. The van der Waals surface area contributed by atoms with Crippen molar-refractivity contribution in [2.45, 2.75) is 26.2 Å². The molecule has 0 saturated carbocycles. The Morgan fingerprint density at radius 1 is 1.03 bits per heavy atom. The molecule has 3 aromatic rings. The molecule has 0 radical (unpaired) electrons. The molecule has 3 rings (SSSR count). The summed E-state index contributed by atoms with van der Waals surface area (Å²) < 4.78 is 7.08. The van der Waals surface area contributed by atoms with Gasteiger partial charge in [0.25, 0.3) is 0 Å². The van der Waals surface area contributed by atoms with E-state index in [2.05, 4.69) is 47.0 Å². The van der Waals surface area contributed by atoms with Gasteiger partial charge in [0.15, 0.2) is 0 Å². The molecule has 148 valence electrons. The second-order valence-electron chi connectivity index (χ2n) is 7.58. The van der Waals surface area contributed by atoms with E-state index in [0.29, 0.717) is 11.6 Å². The summed E-state index contributed by atoms with van der Waals surface area (Å²) in [6.45, 7) is 6.38. The van der Waals surface area contributed by atoms with Crippen LogP contribution in [-0.2, 0) is 10.2 Å². The molecular formula is C24H23BrN2O2. The first kappa shape index (κ1) is 20.8. The first-order valence-corrected chi connectivity index (χ1v) is 10.1. The fourth-order valence-electron chi connectivity index (χ4n) is 2.77. The minimum absolute atomic E-state index is 0.0812. The lowest BCUT2D eigenvalue weighted by Gasteiger charge is -2.22. The molecule has 0 fully saturated rings. The Hall–Kier alpha value is -2.92. The quantitative estimate of drug-likeness (QED) is 0.446. The number of rotatable bonds is 5. The highest BCUT2D eigenvalue weighted by Gasteiger charge is 2.20. The molecule has 2 aromatic carbocycles. The van der Waals surface area contributed by atoms with Gasteiger partial charge in [-0.2, -0.15) is 0 Å². The molecule has 1 heterocycles. The molecule has 0 spiro atoms. The third-order valence-electron chi connectivity index (χ3n) is 4.23. The Morgan fingerprint density at radius 2 is 1.76 bits per heavy atom. The standard InChI is InChI=1S/C24H23BrN2O2/c1-24(2,3)19-7-4-5-9-21(19)29-23-20(8-6-16-26-23)27-22(28)15-12-17-10-13-18(25)14-11-17/h4-16H,1-3H3,(H,27,28)/b15-12+. The van der Waals surface area contributed by atoms with Gasteiger partial charge in [-0.3, -0.25) is 4.79 Å². The summed E-state index contributed by atoms with van der Waals surface area (Å²) in [6, 6.07) is 19.1. The Balaban J connectivity index is 1.78. The van der Waals surface area contributed by atoms with Crippen molar-refractivity contribution in [2.24, 2.45) is 0 Å². The fraction of sp³-hybridized carbons (Fsp3) is 0.167. The fourth-order valence-corrected chi connectivity index (χ4v) is 3.03. The van der Waals surface area contributed by atoms with Gasteiger partial charge in [0.1, 0.15) is 11.4 Å². The number of benzene rings is 2. The summed E-state index contributed by atoms with van der Waals surface area (Å²) in [7, 11) is 0. The average molecular weight is 451 g/mol. The predicted molar refractivity (Wildman–Crippen MR) is 121 cm³/mol. The monoisotopic (exact) mass is 450 g/mol. The van der Waals surface area contributed by atoms with Crippen LogP contribution in [0.1, 0.15) is 31.9 Å². The van der Waals surface area contributed by atoms with Crippen molar-refractivity contribution in [1.29, 1.82) is 0 Å². The van der Waals surface area contributed by atoms with Crippen molar-refractivity contribution in [3.05, 3.63) is 88.5 Å². The molecule has 0 aliphatic carbocycles. The molecule has 0 aliphatic heterocycles. The molecule has 0 aliphatic rings. The van der Waals surface area contributed by atoms with Gasteiger partial charge in [0.05, 0.1) is 0 Å². The Bertz CT molecular complexity index is 1020. The van der Waals surface area contributed by atoms with E-state index in [4.69, 9.17) is 4.74 Å². The maximum absolute atomic E-state index is 12.4. The van der Waals surface area contributed by atoms with E-state index < -0.39 is 0 Å². The number of pyridine rings is 1. The number of amides is 1. The van der Waals surface area contributed by atoms with Gasteiger partial charge >= 0.3 is 0 Å². The highest BCUT2D eigenvalue weighted by molar-refractivity contribution is 9.10. The lowest BCUT2D eigenvalue weighted by molar-refractivity contribution is -0.111.